The summed E-state index contributed by atoms with van der Waals surface area (Å²) >= 11 is 3.03. The summed E-state index contributed by atoms with van der Waals surface area (Å²) in [4.78, 5) is 4.56. The maximum absolute atomic E-state index is 12.4. The molecule has 1 aromatic rings. The molecular weight excluding hydrogens is 275 g/mol. The fraction of sp³-hybridized carbons (Fsp3) is 0.333. The topological polar surface area (TPSA) is 21.3 Å². The average Bonchev–Trinajstić information content (AvgIpc) is 2.12. The summed E-state index contributed by atoms with van der Waals surface area (Å²) in [5.74, 6) is 0. The number of halogens is 4. The van der Waals surface area contributed by atoms with Gasteiger partial charge in [0.2, 0.25) is 0 Å². The van der Waals surface area contributed by atoms with Crippen molar-refractivity contribution < 1.29 is 18.0 Å². The first kappa shape index (κ1) is 12.5. The van der Waals surface area contributed by atoms with Crippen LogP contribution in [-0.2, 0) is 17.6 Å². The van der Waals surface area contributed by atoms with E-state index >= 15 is 0 Å². The lowest BCUT2D eigenvalue weighted by atomic mass is 10.1. The molecule has 0 fully saturated rings. The Balaban J connectivity index is 2.95. The summed E-state index contributed by atoms with van der Waals surface area (Å²) in [6.07, 6.45) is -4.33. The molecule has 0 amide bonds. The van der Waals surface area contributed by atoms with Gasteiger partial charge in [-0.1, -0.05) is 15.9 Å². The highest BCUT2D eigenvalue weighted by molar-refractivity contribution is 9.10. The van der Waals surface area contributed by atoms with E-state index in [-0.39, 0.29) is 6.54 Å². The van der Waals surface area contributed by atoms with Gasteiger partial charge in [0.25, 0.3) is 0 Å². The molecule has 0 unspecified atom stereocenters. The van der Waals surface area contributed by atoms with Gasteiger partial charge in [0.15, 0.2) is 0 Å². The highest BCUT2D eigenvalue weighted by atomic mass is 79.9. The van der Waals surface area contributed by atoms with E-state index in [9.17, 15) is 13.2 Å². The Bertz CT molecular complexity index is 341. The van der Waals surface area contributed by atoms with Crippen LogP contribution in [0.3, 0.4) is 0 Å². The molecule has 0 saturated carbocycles. The Labute approximate surface area is 93.5 Å². The van der Waals surface area contributed by atoms with Crippen LogP contribution in [0.5, 0.6) is 0 Å². The van der Waals surface area contributed by atoms with Crippen LogP contribution in [0.25, 0.3) is 0 Å². The molecule has 0 aliphatic carbocycles. The lowest BCUT2D eigenvalue weighted by Gasteiger charge is -2.10. The predicted octanol–water partition coefficient (Wildman–Crippen LogP) is 3.12. The molecule has 0 heterocycles. The number of rotatable bonds is 3. The van der Waals surface area contributed by atoms with Crippen LogP contribution in [0.15, 0.2) is 22.7 Å². The van der Waals surface area contributed by atoms with Gasteiger partial charge in [-0.25, -0.2) is 0 Å². The SMILES string of the molecule is CONCc1cc(Br)cc(C(F)(F)F)c1. The second-order valence-electron chi connectivity index (χ2n) is 2.87. The van der Waals surface area contributed by atoms with Gasteiger partial charge in [-0.05, 0) is 23.8 Å². The molecule has 0 aliphatic rings. The molecule has 1 aromatic carbocycles. The third kappa shape index (κ3) is 3.81. The van der Waals surface area contributed by atoms with Crippen molar-refractivity contribution in [2.24, 2.45) is 0 Å². The van der Waals surface area contributed by atoms with Crippen LogP contribution in [-0.4, -0.2) is 7.11 Å². The molecule has 84 valence electrons. The quantitative estimate of drug-likeness (QED) is 0.861. The third-order valence-electron chi connectivity index (χ3n) is 1.71. The number of nitrogens with one attached hydrogen (secondary N) is 1. The van der Waals surface area contributed by atoms with E-state index in [4.69, 9.17) is 0 Å². The zero-order chi connectivity index (χ0) is 11.5. The summed E-state index contributed by atoms with van der Waals surface area (Å²) in [6.45, 7) is 0.221. The Kier molecular flexibility index (Phi) is 4.12. The average molecular weight is 284 g/mol. The Morgan fingerprint density at radius 3 is 2.53 bits per heavy atom. The standard InChI is InChI=1S/C9H9BrF3NO/c1-15-14-5-6-2-7(9(11,12)13)4-8(10)3-6/h2-4,14H,5H2,1H3. The number of alkyl halides is 3. The van der Waals surface area contributed by atoms with E-state index in [0.717, 1.165) is 12.1 Å². The molecular formula is C9H9BrF3NO. The molecule has 0 atom stereocenters. The molecule has 6 heteroatoms. The van der Waals surface area contributed by atoms with Crippen molar-refractivity contribution in [2.75, 3.05) is 7.11 Å². The van der Waals surface area contributed by atoms with E-state index in [2.05, 4.69) is 26.2 Å². The zero-order valence-electron chi connectivity index (χ0n) is 7.86. The Morgan fingerprint density at radius 2 is 2.00 bits per heavy atom. The van der Waals surface area contributed by atoms with Gasteiger partial charge in [-0.2, -0.15) is 18.7 Å². The first-order valence-electron chi connectivity index (χ1n) is 4.06. The third-order valence-corrected chi connectivity index (χ3v) is 2.16. The van der Waals surface area contributed by atoms with Crippen molar-refractivity contribution in [1.82, 2.24) is 5.48 Å². The van der Waals surface area contributed by atoms with Crippen LogP contribution in [0.4, 0.5) is 13.2 Å². The minimum Gasteiger partial charge on any atom is -0.305 e. The molecule has 2 nitrogen and oxygen atoms in total. The maximum Gasteiger partial charge on any atom is 0.416 e. The van der Waals surface area contributed by atoms with Gasteiger partial charge in [0, 0.05) is 11.0 Å². The van der Waals surface area contributed by atoms with Crippen molar-refractivity contribution in [3.63, 3.8) is 0 Å². The van der Waals surface area contributed by atoms with Gasteiger partial charge >= 0.3 is 6.18 Å². The molecule has 0 aliphatic heterocycles. The molecule has 0 aromatic heterocycles. The van der Waals surface area contributed by atoms with Crippen molar-refractivity contribution in [3.8, 4) is 0 Å². The summed E-state index contributed by atoms with van der Waals surface area (Å²) in [5.41, 5.74) is 2.30. The minimum absolute atomic E-state index is 0.221. The summed E-state index contributed by atoms with van der Waals surface area (Å²) in [5, 5.41) is 0. The van der Waals surface area contributed by atoms with Gasteiger partial charge in [-0.15, -0.1) is 0 Å². The fourth-order valence-corrected chi connectivity index (χ4v) is 1.61. The highest BCUT2D eigenvalue weighted by Gasteiger charge is 2.30. The summed E-state index contributed by atoms with van der Waals surface area (Å²) in [6, 6.07) is 3.72. The van der Waals surface area contributed by atoms with Crippen LogP contribution in [0.2, 0.25) is 0 Å². The number of hydrogen-bond acceptors (Lipinski definition) is 2. The monoisotopic (exact) mass is 283 g/mol. The van der Waals surface area contributed by atoms with Crippen LogP contribution in [0.1, 0.15) is 11.1 Å². The number of hydroxylamine groups is 1. The molecule has 0 saturated heterocycles. The molecule has 15 heavy (non-hydrogen) atoms. The van der Waals surface area contributed by atoms with E-state index in [1.54, 1.807) is 6.07 Å². The molecule has 1 N–H and O–H groups in total. The van der Waals surface area contributed by atoms with Crippen LogP contribution in [0, 0.1) is 0 Å². The first-order valence-corrected chi connectivity index (χ1v) is 4.85. The molecule has 1 rings (SSSR count). The van der Waals surface area contributed by atoms with Crippen molar-refractivity contribution in [2.45, 2.75) is 12.7 Å². The summed E-state index contributed by atoms with van der Waals surface area (Å²) < 4.78 is 37.6. The highest BCUT2D eigenvalue weighted by Crippen LogP contribution is 2.31. The predicted molar refractivity (Wildman–Crippen MR) is 53.0 cm³/mol. The van der Waals surface area contributed by atoms with Crippen LogP contribution >= 0.6 is 15.9 Å². The molecule has 0 radical (unpaired) electrons. The van der Waals surface area contributed by atoms with E-state index < -0.39 is 11.7 Å². The Morgan fingerprint density at radius 1 is 1.33 bits per heavy atom. The summed E-state index contributed by atoms with van der Waals surface area (Å²) in [7, 11) is 1.41. The fourth-order valence-electron chi connectivity index (χ4n) is 1.07. The Hall–Kier alpha value is -0.590. The van der Waals surface area contributed by atoms with Gasteiger partial charge in [0.1, 0.15) is 0 Å². The first-order chi connectivity index (χ1) is 6.93. The van der Waals surface area contributed by atoms with Gasteiger partial charge < -0.3 is 4.84 Å². The number of hydrogen-bond donors (Lipinski definition) is 1. The van der Waals surface area contributed by atoms with Crippen molar-refractivity contribution in [1.29, 1.82) is 0 Å². The van der Waals surface area contributed by atoms with Crippen molar-refractivity contribution in [3.05, 3.63) is 33.8 Å². The van der Waals surface area contributed by atoms with E-state index in [0.29, 0.717) is 10.0 Å². The minimum atomic E-state index is -4.33. The lowest BCUT2D eigenvalue weighted by molar-refractivity contribution is -0.137. The smallest absolute Gasteiger partial charge is 0.305 e. The van der Waals surface area contributed by atoms with Crippen LogP contribution < -0.4 is 5.48 Å². The normalized spacial score (nSPS) is 11.8. The van der Waals surface area contributed by atoms with E-state index in [1.807, 2.05) is 0 Å². The molecule has 0 bridgehead atoms. The number of benzene rings is 1. The lowest BCUT2D eigenvalue weighted by Crippen LogP contribution is -2.12. The van der Waals surface area contributed by atoms with Crippen molar-refractivity contribution >= 4 is 15.9 Å². The zero-order valence-corrected chi connectivity index (χ0v) is 9.45. The van der Waals surface area contributed by atoms with Gasteiger partial charge in [-0.3, -0.25) is 0 Å². The maximum atomic E-state index is 12.4. The molecule has 0 spiro atoms. The van der Waals surface area contributed by atoms with E-state index in [1.165, 1.54) is 7.11 Å². The van der Waals surface area contributed by atoms with Gasteiger partial charge in [0.05, 0.1) is 12.7 Å². The largest absolute Gasteiger partial charge is 0.416 e. The second kappa shape index (κ2) is 4.96. The second-order valence-corrected chi connectivity index (χ2v) is 3.79.